The van der Waals surface area contributed by atoms with Gasteiger partial charge in [0.1, 0.15) is 11.2 Å². The van der Waals surface area contributed by atoms with Crippen molar-refractivity contribution in [3.63, 3.8) is 0 Å². The summed E-state index contributed by atoms with van der Waals surface area (Å²) in [5, 5.41) is 2.65. The highest BCUT2D eigenvalue weighted by molar-refractivity contribution is 7.09. The van der Waals surface area contributed by atoms with E-state index < -0.39 is 0 Å². The number of hydrogen-bond donors (Lipinski definition) is 0. The summed E-state index contributed by atoms with van der Waals surface area (Å²) in [5.74, 6) is 0.373. The molecule has 0 spiro atoms. The molecular formula is C13H10N2O2S. The van der Waals surface area contributed by atoms with Crippen molar-refractivity contribution in [3.8, 4) is 0 Å². The van der Waals surface area contributed by atoms with Crippen LogP contribution in [0.4, 0.5) is 0 Å². The SMILES string of the molecule is Cc1nc(C(=O)Cc2nc3ccccc3o2)cs1. The summed E-state index contributed by atoms with van der Waals surface area (Å²) in [6, 6.07) is 7.46. The molecule has 0 N–H and O–H groups in total. The van der Waals surface area contributed by atoms with Gasteiger partial charge >= 0.3 is 0 Å². The Hall–Kier alpha value is -2.01. The molecule has 0 aliphatic heterocycles. The van der Waals surface area contributed by atoms with Gasteiger partial charge in [-0.2, -0.15) is 0 Å². The Bertz CT molecular complexity index is 681. The van der Waals surface area contributed by atoms with Crippen LogP contribution in [0.2, 0.25) is 0 Å². The second kappa shape index (κ2) is 4.34. The summed E-state index contributed by atoms with van der Waals surface area (Å²) in [7, 11) is 0. The largest absolute Gasteiger partial charge is 0.440 e. The van der Waals surface area contributed by atoms with E-state index in [1.54, 1.807) is 5.38 Å². The van der Waals surface area contributed by atoms with Crippen molar-refractivity contribution in [2.75, 3.05) is 0 Å². The number of aromatic nitrogens is 2. The standard InChI is InChI=1S/C13H10N2O2S/c1-8-14-10(7-18-8)11(16)6-13-15-9-4-2-3-5-12(9)17-13/h2-5,7H,6H2,1H3. The average Bonchev–Trinajstić information content (AvgIpc) is 2.94. The summed E-state index contributed by atoms with van der Waals surface area (Å²) in [6.45, 7) is 1.88. The minimum atomic E-state index is -0.0640. The van der Waals surface area contributed by atoms with E-state index in [9.17, 15) is 4.79 Å². The molecule has 0 fully saturated rings. The molecule has 0 amide bonds. The molecule has 0 saturated carbocycles. The third-order valence-electron chi connectivity index (χ3n) is 2.55. The third-order valence-corrected chi connectivity index (χ3v) is 3.33. The fourth-order valence-corrected chi connectivity index (χ4v) is 2.33. The first-order valence-corrected chi connectivity index (χ1v) is 6.40. The lowest BCUT2D eigenvalue weighted by atomic mass is 10.2. The summed E-state index contributed by atoms with van der Waals surface area (Å²) < 4.78 is 5.51. The molecule has 0 saturated heterocycles. The van der Waals surface area contributed by atoms with E-state index in [2.05, 4.69) is 9.97 Å². The van der Waals surface area contributed by atoms with Gasteiger partial charge in [0, 0.05) is 5.38 Å². The van der Waals surface area contributed by atoms with Gasteiger partial charge in [-0.3, -0.25) is 4.79 Å². The maximum atomic E-state index is 11.9. The van der Waals surface area contributed by atoms with Crippen LogP contribution in [0.25, 0.3) is 11.1 Å². The first-order valence-electron chi connectivity index (χ1n) is 5.52. The van der Waals surface area contributed by atoms with Crippen LogP contribution in [-0.4, -0.2) is 15.8 Å². The van der Waals surface area contributed by atoms with E-state index in [0.29, 0.717) is 17.2 Å². The maximum absolute atomic E-state index is 11.9. The van der Waals surface area contributed by atoms with E-state index >= 15 is 0 Å². The van der Waals surface area contributed by atoms with Crippen molar-refractivity contribution in [1.29, 1.82) is 0 Å². The Labute approximate surface area is 107 Å². The number of benzene rings is 1. The number of para-hydroxylation sites is 2. The van der Waals surface area contributed by atoms with Gasteiger partial charge < -0.3 is 4.42 Å². The fraction of sp³-hybridized carbons (Fsp3) is 0.154. The third kappa shape index (κ3) is 2.04. The monoisotopic (exact) mass is 258 g/mol. The van der Waals surface area contributed by atoms with Crippen molar-refractivity contribution in [1.82, 2.24) is 9.97 Å². The predicted octanol–water partition coefficient (Wildman–Crippen LogP) is 3.02. The highest BCUT2D eigenvalue weighted by Crippen LogP contribution is 2.17. The van der Waals surface area contributed by atoms with E-state index in [4.69, 9.17) is 4.42 Å². The highest BCUT2D eigenvalue weighted by Gasteiger charge is 2.14. The second-order valence-corrected chi connectivity index (χ2v) is 4.99. The van der Waals surface area contributed by atoms with Gasteiger partial charge in [-0.1, -0.05) is 12.1 Å². The molecule has 3 rings (SSSR count). The van der Waals surface area contributed by atoms with E-state index in [-0.39, 0.29) is 12.2 Å². The topological polar surface area (TPSA) is 56.0 Å². The number of ketones is 1. The number of aryl methyl sites for hydroxylation is 1. The molecular weight excluding hydrogens is 248 g/mol. The van der Waals surface area contributed by atoms with Crippen LogP contribution in [0.5, 0.6) is 0 Å². The average molecular weight is 258 g/mol. The molecule has 0 aliphatic carbocycles. The Kier molecular flexibility index (Phi) is 2.68. The fourth-order valence-electron chi connectivity index (χ4n) is 1.71. The van der Waals surface area contributed by atoms with Crippen molar-refractivity contribution in [3.05, 3.63) is 46.2 Å². The number of nitrogens with zero attached hydrogens (tertiary/aromatic N) is 2. The first kappa shape index (κ1) is 11.1. The Morgan fingerprint density at radius 1 is 1.33 bits per heavy atom. The Balaban J connectivity index is 1.86. The maximum Gasteiger partial charge on any atom is 0.203 e. The van der Waals surface area contributed by atoms with Crippen LogP contribution in [0.3, 0.4) is 0 Å². The van der Waals surface area contributed by atoms with Crippen LogP contribution >= 0.6 is 11.3 Å². The lowest BCUT2D eigenvalue weighted by molar-refractivity contribution is 0.0982. The van der Waals surface area contributed by atoms with Gasteiger partial charge in [0.15, 0.2) is 11.4 Å². The molecule has 0 atom stereocenters. The molecule has 2 heterocycles. The number of carbonyl (C=O) groups excluding carboxylic acids is 1. The molecule has 0 aliphatic rings. The normalized spacial score (nSPS) is 10.9. The van der Waals surface area contributed by atoms with Gasteiger partial charge in [-0.25, -0.2) is 9.97 Å². The molecule has 90 valence electrons. The summed E-state index contributed by atoms with van der Waals surface area (Å²) in [6.07, 6.45) is 0.151. The Morgan fingerprint density at radius 2 is 2.17 bits per heavy atom. The minimum Gasteiger partial charge on any atom is -0.440 e. The van der Waals surface area contributed by atoms with Crippen LogP contribution in [-0.2, 0) is 6.42 Å². The quantitative estimate of drug-likeness (QED) is 0.678. The van der Waals surface area contributed by atoms with Gasteiger partial charge in [0.2, 0.25) is 5.89 Å². The van der Waals surface area contributed by atoms with Crippen molar-refractivity contribution in [2.45, 2.75) is 13.3 Å². The lowest BCUT2D eigenvalue weighted by Crippen LogP contribution is -2.04. The molecule has 1 aromatic carbocycles. The molecule has 18 heavy (non-hydrogen) atoms. The van der Waals surface area contributed by atoms with Crippen molar-refractivity contribution in [2.24, 2.45) is 0 Å². The number of thiazole rings is 1. The number of rotatable bonds is 3. The number of Topliss-reactive ketones (excluding diaryl/α,β-unsaturated/α-hetero) is 1. The first-order chi connectivity index (χ1) is 8.72. The smallest absolute Gasteiger partial charge is 0.203 e. The van der Waals surface area contributed by atoms with Crippen molar-refractivity contribution < 1.29 is 9.21 Å². The molecule has 4 nitrogen and oxygen atoms in total. The summed E-state index contributed by atoms with van der Waals surface area (Å²) >= 11 is 1.47. The zero-order valence-corrected chi connectivity index (χ0v) is 10.5. The summed E-state index contributed by atoms with van der Waals surface area (Å²) in [4.78, 5) is 20.4. The number of oxazole rings is 1. The molecule has 3 aromatic rings. The minimum absolute atomic E-state index is 0.0640. The number of fused-ring (bicyclic) bond motifs is 1. The second-order valence-electron chi connectivity index (χ2n) is 3.93. The van der Waals surface area contributed by atoms with Crippen LogP contribution in [0.1, 0.15) is 21.4 Å². The van der Waals surface area contributed by atoms with Gasteiger partial charge in [0.05, 0.1) is 11.4 Å². The van der Waals surface area contributed by atoms with E-state index in [0.717, 1.165) is 10.5 Å². The van der Waals surface area contributed by atoms with Crippen LogP contribution < -0.4 is 0 Å². The number of hydrogen-bond acceptors (Lipinski definition) is 5. The molecule has 0 bridgehead atoms. The van der Waals surface area contributed by atoms with Crippen LogP contribution in [0.15, 0.2) is 34.1 Å². The molecule has 5 heteroatoms. The van der Waals surface area contributed by atoms with E-state index in [1.807, 2.05) is 31.2 Å². The summed E-state index contributed by atoms with van der Waals surface area (Å²) in [5.41, 5.74) is 1.96. The molecule has 0 unspecified atom stereocenters. The zero-order chi connectivity index (χ0) is 12.5. The molecule has 2 aromatic heterocycles. The van der Waals surface area contributed by atoms with E-state index in [1.165, 1.54) is 11.3 Å². The zero-order valence-electron chi connectivity index (χ0n) is 9.71. The number of carbonyl (C=O) groups is 1. The van der Waals surface area contributed by atoms with Gasteiger partial charge in [0.25, 0.3) is 0 Å². The van der Waals surface area contributed by atoms with Gasteiger partial charge in [-0.15, -0.1) is 11.3 Å². The van der Waals surface area contributed by atoms with Crippen molar-refractivity contribution >= 4 is 28.2 Å². The lowest BCUT2D eigenvalue weighted by Gasteiger charge is -1.91. The van der Waals surface area contributed by atoms with Crippen LogP contribution in [0, 0.1) is 6.92 Å². The highest BCUT2D eigenvalue weighted by atomic mass is 32.1. The van der Waals surface area contributed by atoms with Gasteiger partial charge in [-0.05, 0) is 19.1 Å². The molecule has 0 radical (unpaired) electrons. The predicted molar refractivity (Wildman–Crippen MR) is 68.9 cm³/mol. The Morgan fingerprint density at radius 3 is 2.89 bits per heavy atom.